The van der Waals surface area contributed by atoms with Gasteiger partial charge in [-0.25, -0.2) is 8.42 Å². The maximum atomic E-state index is 12.5. The molecular weight excluding hydrogens is 278 g/mol. The van der Waals surface area contributed by atoms with Gasteiger partial charge in [0.25, 0.3) is 0 Å². The van der Waals surface area contributed by atoms with E-state index in [9.17, 15) is 18.3 Å². The van der Waals surface area contributed by atoms with Gasteiger partial charge in [-0.05, 0) is 25.0 Å². The highest BCUT2D eigenvalue weighted by atomic mass is 32.2. The van der Waals surface area contributed by atoms with Crippen LogP contribution in [0.2, 0.25) is 0 Å². The lowest BCUT2D eigenvalue weighted by Gasteiger charge is -2.29. The van der Waals surface area contributed by atoms with Gasteiger partial charge >= 0.3 is 0 Å². The molecule has 5 nitrogen and oxygen atoms in total. The van der Waals surface area contributed by atoms with Gasteiger partial charge in [0.15, 0.2) is 5.78 Å². The molecule has 0 radical (unpaired) electrons. The second-order valence-electron chi connectivity index (χ2n) is 4.96. The lowest BCUT2D eigenvalue weighted by molar-refractivity contribution is 0.0987. The molecule has 0 amide bonds. The Labute approximate surface area is 119 Å². The zero-order valence-corrected chi connectivity index (χ0v) is 12.3. The minimum atomic E-state index is -3.64. The van der Waals surface area contributed by atoms with Crippen LogP contribution in [0.15, 0.2) is 29.2 Å². The normalized spacial score (nSPS) is 20.8. The first-order valence-electron chi connectivity index (χ1n) is 6.76. The van der Waals surface area contributed by atoms with Crippen molar-refractivity contribution in [3.05, 3.63) is 29.8 Å². The van der Waals surface area contributed by atoms with Crippen molar-refractivity contribution in [2.75, 3.05) is 13.1 Å². The molecule has 1 atom stereocenters. The average Bonchev–Trinajstić information content (AvgIpc) is 2.46. The van der Waals surface area contributed by atoms with Crippen molar-refractivity contribution < 1.29 is 18.3 Å². The van der Waals surface area contributed by atoms with Crippen molar-refractivity contribution in [1.29, 1.82) is 0 Å². The molecule has 1 aliphatic heterocycles. The van der Waals surface area contributed by atoms with Crippen molar-refractivity contribution >= 4 is 15.8 Å². The molecule has 1 unspecified atom stereocenters. The number of benzene rings is 1. The van der Waals surface area contributed by atoms with E-state index in [4.69, 9.17) is 0 Å². The fraction of sp³-hybridized carbons (Fsp3) is 0.500. The number of hydrogen-bond donors (Lipinski definition) is 1. The van der Waals surface area contributed by atoms with Crippen LogP contribution in [0.1, 0.15) is 36.5 Å². The van der Waals surface area contributed by atoms with E-state index in [1.54, 1.807) is 19.1 Å². The molecule has 1 aromatic rings. The van der Waals surface area contributed by atoms with Gasteiger partial charge in [0.2, 0.25) is 10.0 Å². The van der Waals surface area contributed by atoms with Crippen LogP contribution < -0.4 is 0 Å². The van der Waals surface area contributed by atoms with Gasteiger partial charge in [-0.2, -0.15) is 4.31 Å². The molecule has 0 aromatic heterocycles. The summed E-state index contributed by atoms with van der Waals surface area (Å²) in [7, 11) is -3.64. The van der Waals surface area contributed by atoms with Crippen LogP contribution in [0.3, 0.4) is 0 Å². The molecule has 2 rings (SSSR count). The van der Waals surface area contributed by atoms with E-state index in [0.29, 0.717) is 31.4 Å². The van der Waals surface area contributed by atoms with Gasteiger partial charge in [-0.3, -0.25) is 4.79 Å². The zero-order chi connectivity index (χ0) is 14.8. The van der Waals surface area contributed by atoms with E-state index >= 15 is 0 Å². The quantitative estimate of drug-likeness (QED) is 0.853. The first-order chi connectivity index (χ1) is 9.45. The van der Waals surface area contributed by atoms with Gasteiger partial charge < -0.3 is 5.11 Å². The number of carbonyl (C=O) groups excluding carboxylic acids is 1. The van der Waals surface area contributed by atoms with Gasteiger partial charge in [-0.1, -0.05) is 19.1 Å². The third kappa shape index (κ3) is 3.08. The highest BCUT2D eigenvalue weighted by molar-refractivity contribution is 7.89. The van der Waals surface area contributed by atoms with E-state index in [2.05, 4.69) is 0 Å². The Hall–Kier alpha value is -1.24. The number of hydrogen-bond acceptors (Lipinski definition) is 4. The molecule has 1 saturated heterocycles. The van der Waals surface area contributed by atoms with Crippen LogP contribution in [-0.2, 0) is 10.0 Å². The number of sulfonamides is 1. The summed E-state index contributed by atoms with van der Waals surface area (Å²) >= 11 is 0. The summed E-state index contributed by atoms with van der Waals surface area (Å²) < 4.78 is 26.3. The highest BCUT2D eigenvalue weighted by Crippen LogP contribution is 2.22. The van der Waals surface area contributed by atoms with Gasteiger partial charge in [0.05, 0.1) is 11.0 Å². The average molecular weight is 297 g/mol. The van der Waals surface area contributed by atoms with Crippen LogP contribution >= 0.6 is 0 Å². The lowest BCUT2D eigenvalue weighted by Crippen LogP contribution is -2.42. The van der Waals surface area contributed by atoms with E-state index in [-0.39, 0.29) is 17.2 Å². The largest absolute Gasteiger partial charge is 0.392 e. The topological polar surface area (TPSA) is 74.7 Å². The Bertz CT molecular complexity index is 597. The van der Waals surface area contributed by atoms with E-state index < -0.39 is 16.1 Å². The molecule has 1 aromatic carbocycles. The monoisotopic (exact) mass is 297 g/mol. The van der Waals surface area contributed by atoms with Crippen LogP contribution in [0, 0.1) is 0 Å². The summed E-state index contributed by atoms with van der Waals surface area (Å²) in [6, 6.07) is 6.11. The van der Waals surface area contributed by atoms with E-state index in [1.165, 1.54) is 16.4 Å². The zero-order valence-electron chi connectivity index (χ0n) is 11.4. The third-order valence-corrected chi connectivity index (χ3v) is 5.34. The molecule has 1 fully saturated rings. The first kappa shape index (κ1) is 15.2. The number of rotatable bonds is 4. The fourth-order valence-electron chi connectivity index (χ4n) is 2.32. The summed E-state index contributed by atoms with van der Waals surface area (Å²) in [5, 5.41) is 9.61. The molecule has 1 heterocycles. The lowest BCUT2D eigenvalue weighted by atomic mass is 10.1. The number of nitrogens with zero attached hydrogens (tertiary/aromatic N) is 1. The third-order valence-electron chi connectivity index (χ3n) is 3.47. The summed E-state index contributed by atoms with van der Waals surface area (Å²) in [6.45, 7) is 2.27. The second kappa shape index (κ2) is 6.03. The Kier molecular flexibility index (Phi) is 4.57. The minimum Gasteiger partial charge on any atom is -0.392 e. The molecule has 0 bridgehead atoms. The van der Waals surface area contributed by atoms with E-state index in [0.717, 1.165) is 0 Å². The second-order valence-corrected chi connectivity index (χ2v) is 6.90. The van der Waals surface area contributed by atoms with Crippen molar-refractivity contribution in [1.82, 2.24) is 4.31 Å². The highest BCUT2D eigenvalue weighted by Gasteiger charge is 2.29. The molecule has 0 spiro atoms. The minimum absolute atomic E-state index is 0.0827. The van der Waals surface area contributed by atoms with Crippen LogP contribution in [-0.4, -0.2) is 42.8 Å². The molecular formula is C14H19NO4S. The van der Waals surface area contributed by atoms with Gasteiger partial charge in [0, 0.05) is 25.1 Å². The number of β-amino-alcohol motifs (C(OH)–C–C–N with tert-alkyl or cyclic N) is 1. The van der Waals surface area contributed by atoms with Crippen molar-refractivity contribution in [3.8, 4) is 0 Å². The smallest absolute Gasteiger partial charge is 0.243 e. The van der Waals surface area contributed by atoms with Gasteiger partial charge in [0.1, 0.15) is 0 Å². The van der Waals surface area contributed by atoms with Crippen LogP contribution in [0.4, 0.5) is 0 Å². The molecule has 0 saturated carbocycles. The first-order valence-corrected chi connectivity index (χ1v) is 8.20. The number of piperidine rings is 1. The van der Waals surface area contributed by atoms with Crippen LogP contribution in [0.25, 0.3) is 0 Å². The molecule has 0 aliphatic carbocycles. The number of aliphatic hydroxyl groups is 1. The molecule has 1 aliphatic rings. The molecule has 20 heavy (non-hydrogen) atoms. The van der Waals surface area contributed by atoms with Crippen molar-refractivity contribution in [2.24, 2.45) is 0 Å². The Morgan fingerprint density at radius 1 is 1.45 bits per heavy atom. The van der Waals surface area contributed by atoms with Crippen molar-refractivity contribution in [3.63, 3.8) is 0 Å². The summed E-state index contributed by atoms with van der Waals surface area (Å²) in [5.74, 6) is -0.0827. The summed E-state index contributed by atoms with van der Waals surface area (Å²) in [5.41, 5.74) is 0.408. The van der Waals surface area contributed by atoms with E-state index in [1.807, 2.05) is 0 Å². The summed E-state index contributed by atoms with van der Waals surface area (Å²) in [6.07, 6.45) is 0.999. The number of aliphatic hydroxyl groups excluding tert-OH is 1. The number of ketones is 1. The Morgan fingerprint density at radius 2 is 2.20 bits per heavy atom. The number of Topliss-reactive ketones (excluding diaryl/α,β-unsaturated/α-hetero) is 1. The SMILES string of the molecule is CCC(=O)c1cccc(S(=O)(=O)N2CCCC(O)C2)c1. The Morgan fingerprint density at radius 3 is 2.85 bits per heavy atom. The molecule has 6 heteroatoms. The molecule has 1 N–H and O–H groups in total. The van der Waals surface area contributed by atoms with Crippen molar-refractivity contribution in [2.45, 2.75) is 37.2 Å². The maximum Gasteiger partial charge on any atom is 0.243 e. The molecule has 110 valence electrons. The number of carbonyl (C=O) groups is 1. The predicted octanol–water partition coefficient (Wildman–Crippen LogP) is 1.42. The van der Waals surface area contributed by atoms with Gasteiger partial charge in [-0.15, -0.1) is 0 Å². The Balaban J connectivity index is 2.32. The summed E-state index contributed by atoms with van der Waals surface area (Å²) in [4.78, 5) is 11.8. The fourth-order valence-corrected chi connectivity index (χ4v) is 3.88. The maximum absolute atomic E-state index is 12.5. The predicted molar refractivity (Wildman–Crippen MR) is 75.1 cm³/mol. The van der Waals surface area contributed by atoms with Crippen LogP contribution in [0.5, 0.6) is 0 Å². The standard InChI is InChI=1S/C14H19NO4S/c1-2-14(17)11-5-3-7-13(9-11)20(18,19)15-8-4-6-12(16)10-15/h3,5,7,9,12,16H,2,4,6,8,10H2,1H3.